The first-order chi connectivity index (χ1) is 20.3. The maximum Gasteiger partial charge on any atom is 0.124 e. The molecule has 0 aliphatic rings. The van der Waals surface area contributed by atoms with E-state index in [4.69, 9.17) is 15.9 Å². The van der Waals surface area contributed by atoms with E-state index in [1.165, 1.54) is 17.7 Å². The number of nitriles is 3. The molecule has 3 aromatic carbocycles. The number of nitrogens with zero attached hydrogens (tertiary/aromatic N) is 6. The predicted octanol–water partition coefficient (Wildman–Crippen LogP) is 7.24. The van der Waals surface area contributed by atoms with Crippen LogP contribution >= 0.6 is 0 Å². The second-order valence-corrected chi connectivity index (χ2v) is 7.93. The molecule has 1 radical (unpaired) electrons. The zero-order valence-corrected chi connectivity index (χ0v) is 23.1. The fourth-order valence-corrected chi connectivity index (χ4v) is 3.67. The summed E-state index contributed by atoms with van der Waals surface area (Å²) in [4.78, 5) is 11.6. The summed E-state index contributed by atoms with van der Waals surface area (Å²) < 4.78 is 22.0. The molecule has 0 unspecified atom stereocenters. The largest absolute Gasteiger partial charge is 0.304 e. The molecule has 0 spiro atoms. The van der Waals surface area contributed by atoms with Crippen LogP contribution in [0.5, 0.6) is 0 Å². The van der Waals surface area contributed by atoms with Crippen molar-refractivity contribution < 1.29 is 24.2 Å². The van der Waals surface area contributed by atoms with Gasteiger partial charge in [-0.2, -0.15) is 5.26 Å². The Bertz CT molecular complexity index is 1820. The van der Waals surface area contributed by atoms with E-state index < -0.39 is 6.85 Å². The van der Waals surface area contributed by atoms with E-state index in [0.29, 0.717) is 0 Å². The van der Waals surface area contributed by atoms with Gasteiger partial charge in [0, 0.05) is 48.7 Å². The van der Waals surface area contributed by atoms with Gasteiger partial charge < -0.3 is 9.97 Å². The van der Waals surface area contributed by atoms with Gasteiger partial charge in [0.1, 0.15) is 5.69 Å². The number of hydrogen-bond donors (Lipinski definition) is 0. The number of benzene rings is 3. The van der Waals surface area contributed by atoms with E-state index >= 15 is 0 Å². The Kier molecular flexibility index (Phi) is 8.66. The van der Waals surface area contributed by atoms with Gasteiger partial charge in [0.25, 0.3) is 0 Å². The van der Waals surface area contributed by atoms with E-state index in [-0.39, 0.29) is 59.3 Å². The molecule has 0 aliphatic carbocycles. The average Bonchev–Trinajstić information content (AvgIpc) is 3.04. The number of rotatable bonds is 3. The third kappa shape index (κ3) is 6.52. The summed E-state index contributed by atoms with van der Waals surface area (Å²) >= 11 is 0. The molecule has 5 aromatic rings. The van der Waals surface area contributed by atoms with Crippen LogP contribution in [0.15, 0.2) is 91.3 Å². The number of pyridine rings is 2. The van der Waals surface area contributed by atoms with Crippen molar-refractivity contribution in [3.8, 4) is 51.8 Å². The molecule has 0 saturated carbocycles. The first-order valence-electron chi connectivity index (χ1n) is 13.0. The molecule has 0 bridgehead atoms. The SMILES string of the molecule is [2H]C([2H])([2H])c1ccc(-c2[c-]c([N+]#[C-])c(C#N)c(C#N)c2C#N)nc1.[Ir].[c-]1ccccc1-c1ccc(-c2ccccc2)cn1. The third-order valence-corrected chi connectivity index (χ3v) is 5.55. The van der Waals surface area contributed by atoms with Gasteiger partial charge in [0.2, 0.25) is 0 Å². The van der Waals surface area contributed by atoms with E-state index in [1.807, 2.05) is 60.8 Å². The van der Waals surface area contributed by atoms with Crippen molar-refractivity contribution >= 4 is 5.69 Å². The zero-order valence-electron chi connectivity index (χ0n) is 23.7. The molecule has 0 saturated heterocycles. The van der Waals surface area contributed by atoms with Crippen molar-refractivity contribution in [2.24, 2.45) is 0 Å². The Labute approximate surface area is 250 Å². The van der Waals surface area contributed by atoms with Gasteiger partial charge >= 0.3 is 0 Å². The molecular weight excluding hydrogens is 673 g/mol. The second-order valence-electron chi connectivity index (χ2n) is 7.93. The molecule has 0 amide bonds. The summed E-state index contributed by atoms with van der Waals surface area (Å²) in [7, 11) is 0. The normalized spacial score (nSPS) is 10.8. The molecule has 2 aromatic heterocycles. The minimum Gasteiger partial charge on any atom is -0.304 e. The molecule has 191 valence electrons. The summed E-state index contributed by atoms with van der Waals surface area (Å²) in [5.41, 5.74) is 3.83. The zero-order chi connectivity index (χ0) is 30.1. The van der Waals surface area contributed by atoms with Crippen molar-refractivity contribution in [3.63, 3.8) is 0 Å². The Morgan fingerprint density at radius 2 is 1.48 bits per heavy atom. The summed E-state index contributed by atoms with van der Waals surface area (Å²) in [5.74, 6) is 0. The van der Waals surface area contributed by atoms with E-state index in [1.54, 1.807) is 12.1 Å². The minimum absolute atomic E-state index is 0. The number of aryl methyl sites for hydroxylation is 1. The summed E-state index contributed by atoms with van der Waals surface area (Å²) in [6.07, 6.45) is 3.05. The van der Waals surface area contributed by atoms with Crippen LogP contribution in [0.3, 0.4) is 0 Å². The molecule has 6 nitrogen and oxygen atoms in total. The van der Waals surface area contributed by atoms with Gasteiger partial charge in [-0.15, -0.1) is 47.5 Å². The van der Waals surface area contributed by atoms with Gasteiger partial charge in [-0.25, -0.2) is 10.5 Å². The van der Waals surface area contributed by atoms with Crippen molar-refractivity contribution in [1.29, 1.82) is 15.8 Å². The van der Waals surface area contributed by atoms with Gasteiger partial charge in [-0.1, -0.05) is 54.6 Å². The van der Waals surface area contributed by atoms with E-state index in [2.05, 4.69) is 45.1 Å². The second kappa shape index (κ2) is 13.9. The van der Waals surface area contributed by atoms with Crippen LogP contribution in [0, 0.1) is 59.6 Å². The van der Waals surface area contributed by atoms with Crippen molar-refractivity contribution in [2.45, 2.75) is 6.85 Å². The quantitative estimate of drug-likeness (QED) is 0.186. The van der Waals surface area contributed by atoms with Gasteiger partial charge in [0.15, 0.2) is 0 Å². The van der Waals surface area contributed by atoms with Crippen LogP contribution in [-0.4, -0.2) is 9.97 Å². The molecule has 0 atom stereocenters. The fraction of sp³-hybridized carbons (Fsp3) is 0.0303. The molecule has 5 rings (SSSR count). The first-order valence-corrected chi connectivity index (χ1v) is 11.5. The van der Waals surface area contributed by atoms with Crippen molar-refractivity contribution in [2.75, 3.05) is 0 Å². The topological polar surface area (TPSA) is 102 Å². The monoisotopic (exact) mass is 694 g/mol. The van der Waals surface area contributed by atoms with Crippen LogP contribution in [-0.2, 0) is 20.1 Å². The Hall–Kier alpha value is -5.43. The van der Waals surface area contributed by atoms with Crippen LogP contribution < -0.4 is 0 Å². The molecule has 0 N–H and O–H groups in total. The smallest absolute Gasteiger partial charge is 0.124 e. The number of hydrogen-bond acceptors (Lipinski definition) is 5. The molecule has 0 fully saturated rings. The van der Waals surface area contributed by atoms with Crippen LogP contribution in [0.1, 0.15) is 26.4 Å². The minimum atomic E-state index is -2.32. The summed E-state index contributed by atoms with van der Waals surface area (Å²) in [5, 5.41) is 27.7. The van der Waals surface area contributed by atoms with Gasteiger partial charge in [-0.05, 0) is 51.6 Å². The Morgan fingerprint density at radius 3 is 2.02 bits per heavy atom. The maximum atomic E-state index is 9.33. The molecule has 7 heteroatoms. The van der Waals surface area contributed by atoms with E-state index in [0.717, 1.165) is 23.0 Å². The fourth-order valence-electron chi connectivity index (χ4n) is 3.67. The van der Waals surface area contributed by atoms with E-state index in [9.17, 15) is 10.5 Å². The average molecular weight is 694 g/mol. The molecule has 40 heavy (non-hydrogen) atoms. The molecule has 0 aliphatic heterocycles. The Balaban J connectivity index is 0.000000238. The van der Waals surface area contributed by atoms with Crippen molar-refractivity contribution in [3.05, 3.63) is 137 Å². The summed E-state index contributed by atoms with van der Waals surface area (Å²) in [6, 6.07) is 36.1. The van der Waals surface area contributed by atoms with Crippen LogP contribution in [0.4, 0.5) is 5.69 Å². The standard InChI is InChI=1S/C17H12N.C16H6N5.Ir/c1-3-7-14(8-4-1)16-11-12-17(18-13-16)15-9-5-2-6-10-15;1-10-3-4-15(21-9-10)11-5-16(20-2)14(8-19)13(7-18)12(11)6-17;/h1-9,11-13H;3-4,9H,1H3;/q2*-1;/i;1D3;. The Morgan fingerprint density at radius 1 is 0.775 bits per heavy atom. The molecular formula is C33H18IrN6-2. The predicted molar refractivity (Wildman–Crippen MR) is 148 cm³/mol. The van der Waals surface area contributed by atoms with Gasteiger partial charge in [-0.3, -0.25) is 4.85 Å². The first kappa shape index (κ1) is 24.9. The van der Waals surface area contributed by atoms with Crippen molar-refractivity contribution in [1.82, 2.24) is 9.97 Å². The van der Waals surface area contributed by atoms with Gasteiger partial charge in [0.05, 0.1) is 12.6 Å². The maximum absolute atomic E-state index is 9.33. The number of aromatic nitrogens is 2. The van der Waals surface area contributed by atoms with Crippen LogP contribution in [0.25, 0.3) is 38.5 Å². The van der Waals surface area contributed by atoms with Crippen LogP contribution in [0.2, 0.25) is 0 Å². The molecule has 2 heterocycles. The summed E-state index contributed by atoms with van der Waals surface area (Å²) in [6.45, 7) is 4.80. The third-order valence-electron chi connectivity index (χ3n) is 5.55.